The van der Waals surface area contributed by atoms with E-state index in [1.165, 1.54) is 11.1 Å². The second-order valence-corrected chi connectivity index (χ2v) is 4.76. The summed E-state index contributed by atoms with van der Waals surface area (Å²) in [4.78, 5) is 0. The Balaban J connectivity index is 2.73. The highest BCUT2D eigenvalue weighted by molar-refractivity contribution is 6.20. The van der Waals surface area contributed by atoms with Gasteiger partial charge in [-0.05, 0) is 36.8 Å². The molecule has 0 bridgehead atoms. The molecule has 0 saturated heterocycles. The van der Waals surface area contributed by atoms with Crippen LogP contribution in [-0.4, -0.2) is 5.38 Å². The summed E-state index contributed by atoms with van der Waals surface area (Å²) in [5.74, 6) is 0.564. The van der Waals surface area contributed by atoms with E-state index < -0.39 is 0 Å². The minimum absolute atomic E-state index is 0.260. The number of alkyl halides is 1. The fourth-order valence-electron chi connectivity index (χ4n) is 1.74. The van der Waals surface area contributed by atoms with Gasteiger partial charge >= 0.3 is 0 Å². The lowest BCUT2D eigenvalue weighted by atomic mass is 9.94. The van der Waals surface area contributed by atoms with Gasteiger partial charge in [0.05, 0.1) is 0 Å². The maximum absolute atomic E-state index is 6.00. The zero-order chi connectivity index (χ0) is 10.6. The molecular formula is C13H19Cl. The molecule has 0 radical (unpaired) electrons. The van der Waals surface area contributed by atoms with Gasteiger partial charge in [0.1, 0.15) is 0 Å². The Labute approximate surface area is 92.3 Å². The van der Waals surface area contributed by atoms with Gasteiger partial charge in [-0.3, -0.25) is 0 Å². The van der Waals surface area contributed by atoms with E-state index in [0.29, 0.717) is 5.92 Å². The Hall–Kier alpha value is -0.490. The van der Waals surface area contributed by atoms with Gasteiger partial charge in [0, 0.05) is 5.38 Å². The van der Waals surface area contributed by atoms with Gasteiger partial charge in [-0.15, -0.1) is 11.6 Å². The van der Waals surface area contributed by atoms with Gasteiger partial charge in [-0.2, -0.15) is 0 Å². The third-order valence-electron chi connectivity index (χ3n) is 2.61. The van der Waals surface area contributed by atoms with Gasteiger partial charge in [0.2, 0.25) is 0 Å². The zero-order valence-corrected chi connectivity index (χ0v) is 10.0. The Kier molecular flexibility index (Phi) is 4.47. The molecule has 1 aromatic rings. The SMILES string of the molecule is CCc1cccc(C(C)CC(C)Cl)c1. The molecule has 1 rings (SSSR count). The van der Waals surface area contributed by atoms with Crippen molar-refractivity contribution in [2.75, 3.05) is 0 Å². The molecule has 0 heterocycles. The zero-order valence-electron chi connectivity index (χ0n) is 9.26. The Bertz CT molecular complexity index is 278. The Morgan fingerprint density at radius 1 is 1.29 bits per heavy atom. The number of hydrogen-bond acceptors (Lipinski definition) is 0. The minimum Gasteiger partial charge on any atom is -0.123 e. The topological polar surface area (TPSA) is 0 Å². The molecular weight excluding hydrogens is 192 g/mol. The van der Waals surface area contributed by atoms with Gasteiger partial charge in [0.15, 0.2) is 0 Å². The van der Waals surface area contributed by atoms with Crippen molar-refractivity contribution in [2.24, 2.45) is 0 Å². The average Bonchev–Trinajstić information content (AvgIpc) is 2.17. The number of aryl methyl sites for hydroxylation is 1. The molecule has 0 amide bonds. The molecule has 0 aliphatic carbocycles. The molecule has 14 heavy (non-hydrogen) atoms. The van der Waals surface area contributed by atoms with Crippen LogP contribution in [0.2, 0.25) is 0 Å². The molecule has 0 N–H and O–H groups in total. The van der Waals surface area contributed by atoms with Crippen LogP contribution in [0.5, 0.6) is 0 Å². The van der Waals surface area contributed by atoms with Crippen molar-refractivity contribution in [1.29, 1.82) is 0 Å². The summed E-state index contributed by atoms with van der Waals surface area (Å²) >= 11 is 6.00. The van der Waals surface area contributed by atoms with E-state index in [-0.39, 0.29) is 5.38 Å². The summed E-state index contributed by atoms with van der Waals surface area (Å²) in [5.41, 5.74) is 2.83. The molecule has 78 valence electrons. The molecule has 0 aromatic heterocycles. The molecule has 1 aromatic carbocycles. The highest BCUT2D eigenvalue weighted by atomic mass is 35.5. The van der Waals surface area contributed by atoms with E-state index in [4.69, 9.17) is 11.6 Å². The summed E-state index contributed by atoms with van der Waals surface area (Å²) < 4.78 is 0. The first kappa shape index (κ1) is 11.6. The molecule has 0 nitrogen and oxygen atoms in total. The third-order valence-corrected chi connectivity index (χ3v) is 2.78. The van der Waals surface area contributed by atoms with E-state index in [2.05, 4.69) is 45.0 Å². The van der Waals surface area contributed by atoms with E-state index in [1.54, 1.807) is 0 Å². The first-order valence-electron chi connectivity index (χ1n) is 5.36. The van der Waals surface area contributed by atoms with E-state index in [1.807, 2.05) is 0 Å². The minimum atomic E-state index is 0.260. The smallest absolute Gasteiger partial charge is 0.0313 e. The van der Waals surface area contributed by atoms with Crippen LogP contribution in [0.15, 0.2) is 24.3 Å². The molecule has 0 fully saturated rings. The maximum Gasteiger partial charge on any atom is 0.0313 e. The number of benzene rings is 1. The summed E-state index contributed by atoms with van der Waals surface area (Å²) in [6.07, 6.45) is 2.16. The quantitative estimate of drug-likeness (QED) is 0.648. The fourth-order valence-corrected chi connectivity index (χ4v) is 2.01. The normalized spacial score (nSPS) is 15.1. The molecule has 0 saturated carbocycles. The van der Waals surface area contributed by atoms with Crippen molar-refractivity contribution in [2.45, 2.75) is 44.9 Å². The lowest BCUT2D eigenvalue weighted by Crippen LogP contribution is -2.01. The van der Waals surface area contributed by atoms with Gasteiger partial charge in [0.25, 0.3) is 0 Å². The van der Waals surface area contributed by atoms with Crippen LogP contribution in [0, 0.1) is 0 Å². The van der Waals surface area contributed by atoms with Crippen molar-refractivity contribution in [3.8, 4) is 0 Å². The Morgan fingerprint density at radius 2 is 2.00 bits per heavy atom. The summed E-state index contributed by atoms with van der Waals surface area (Å²) in [6, 6.07) is 8.82. The van der Waals surface area contributed by atoms with Gasteiger partial charge in [-0.1, -0.05) is 38.1 Å². The van der Waals surface area contributed by atoms with Crippen LogP contribution in [0.4, 0.5) is 0 Å². The van der Waals surface area contributed by atoms with Crippen molar-refractivity contribution in [3.05, 3.63) is 35.4 Å². The second kappa shape index (κ2) is 5.41. The first-order valence-corrected chi connectivity index (χ1v) is 5.80. The highest BCUT2D eigenvalue weighted by Gasteiger charge is 2.08. The molecule has 1 heteroatoms. The Morgan fingerprint density at radius 3 is 2.57 bits per heavy atom. The number of rotatable bonds is 4. The van der Waals surface area contributed by atoms with Crippen LogP contribution in [-0.2, 0) is 6.42 Å². The van der Waals surface area contributed by atoms with E-state index in [0.717, 1.165) is 12.8 Å². The van der Waals surface area contributed by atoms with Crippen molar-refractivity contribution < 1.29 is 0 Å². The maximum atomic E-state index is 6.00. The summed E-state index contributed by atoms with van der Waals surface area (Å²) in [5, 5.41) is 0.260. The second-order valence-electron chi connectivity index (χ2n) is 4.02. The highest BCUT2D eigenvalue weighted by Crippen LogP contribution is 2.23. The van der Waals surface area contributed by atoms with E-state index >= 15 is 0 Å². The van der Waals surface area contributed by atoms with Crippen LogP contribution >= 0.6 is 11.6 Å². The van der Waals surface area contributed by atoms with Crippen molar-refractivity contribution >= 4 is 11.6 Å². The number of halogens is 1. The molecule has 0 aliphatic heterocycles. The lowest BCUT2D eigenvalue weighted by molar-refractivity contribution is 0.670. The summed E-state index contributed by atoms with van der Waals surface area (Å²) in [7, 11) is 0. The van der Waals surface area contributed by atoms with Crippen LogP contribution < -0.4 is 0 Å². The standard InChI is InChI=1S/C13H19Cl/c1-4-12-6-5-7-13(9-12)10(2)8-11(3)14/h5-7,9-11H,4,8H2,1-3H3. The lowest BCUT2D eigenvalue weighted by Gasteiger charge is -2.14. The predicted octanol–water partition coefficient (Wildman–Crippen LogP) is 4.37. The van der Waals surface area contributed by atoms with Crippen molar-refractivity contribution in [1.82, 2.24) is 0 Å². The number of hydrogen-bond donors (Lipinski definition) is 0. The molecule has 0 aliphatic rings. The van der Waals surface area contributed by atoms with Gasteiger partial charge in [-0.25, -0.2) is 0 Å². The molecule has 2 unspecified atom stereocenters. The largest absolute Gasteiger partial charge is 0.123 e. The monoisotopic (exact) mass is 210 g/mol. The fraction of sp³-hybridized carbons (Fsp3) is 0.538. The molecule has 2 atom stereocenters. The average molecular weight is 211 g/mol. The molecule has 0 spiro atoms. The van der Waals surface area contributed by atoms with Crippen molar-refractivity contribution in [3.63, 3.8) is 0 Å². The van der Waals surface area contributed by atoms with E-state index in [9.17, 15) is 0 Å². The van der Waals surface area contributed by atoms with Gasteiger partial charge < -0.3 is 0 Å². The van der Waals surface area contributed by atoms with Crippen LogP contribution in [0.25, 0.3) is 0 Å². The summed E-state index contributed by atoms with van der Waals surface area (Å²) in [6.45, 7) is 6.49. The van der Waals surface area contributed by atoms with Crippen LogP contribution in [0.3, 0.4) is 0 Å². The van der Waals surface area contributed by atoms with Crippen LogP contribution in [0.1, 0.15) is 44.2 Å². The predicted molar refractivity (Wildman–Crippen MR) is 64.2 cm³/mol. The third kappa shape index (κ3) is 3.34. The first-order chi connectivity index (χ1) is 6.63.